The smallest absolute Gasteiger partial charge is 0.376 e. The van der Waals surface area contributed by atoms with E-state index in [0.29, 0.717) is 26.1 Å². The molecule has 5 aliphatic rings. The first kappa shape index (κ1) is 19.1. The van der Waals surface area contributed by atoms with Gasteiger partial charge in [-0.15, -0.1) is 0 Å². The summed E-state index contributed by atoms with van der Waals surface area (Å²) in [7, 11) is 0. The molecule has 0 aromatic carbocycles. The highest BCUT2D eigenvalue weighted by Crippen LogP contribution is 2.63. The van der Waals surface area contributed by atoms with Crippen molar-refractivity contribution in [3.05, 3.63) is 0 Å². The Hall–Kier alpha value is -1.28. The molecule has 2 unspecified atom stereocenters. The lowest BCUT2D eigenvalue weighted by Crippen LogP contribution is -2.65. The highest BCUT2D eigenvalue weighted by molar-refractivity contribution is 5.77. The maximum atomic E-state index is 12.7. The molecule has 1 heterocycles. The van der Waals surface area contributed by atoms with Crippen LogP contribution in [0.4, 0.5) is 8.78 Å². The molecule has 0 aromatic rings. The van der Waals surface area contributed by atoms with Crippen LogP contribution in [-0.4, -0.2) is 49.1 Å². The van der Waals surface area contributed by atoms with E-state index in [9.17, 15) is 18.4 Å². The summed E-state index contributed by atoms with van der Waals surface area (Å²) in [5, 5.41) is 0. The third-order valence-corrected chi connectivity index (χ3v) is 6.46. The fraction of sp³-hybridized carbons (Fsp3) is 0.895. The Morgan fingerprint density at radius 2 is 1.74 bits per heavy atom. The van der Waals surface area contributed by atoms with Crippen LogP contribution in [0.3, 0.4) is 0 Å². The SMILES string of the molecule is CC(F)(F)C(=O)OCCCC(=O)OC12CC3CC(C1)C1(OCCO1)C(C3)C2. The van der Waals surface area contributed by atoms with Crippen LogP contribution in [0, 0.1) is 17.8 Å². The van der Waals surface area contributed by atoms with Gasteiger partial charge in [-0.1, -0.05) is 0 Å². The number of ether oxygens (including phenoxy) is 4. The number of alkyl halides is 2. The van der Waals surface area contributed by atoms with Crippen LogP contribution in [0.15, 0.2) is 0 Å². The van der Waals surface area contributed by atoms with Crippen molar-refractivity contribution in [1.82, 2.24) is 0 Å². The molecule has 0 aromatic heterocycles. The van der Waals surface area contributed by atoms with Crippen LogP contribution < -0.4 is 0 Å². The molecule has 5 fully saturated rings. The lowest BCUT2D eigenvalue weighted by atomic mass is 9.51. The number of esters is 2. The largest absolute Gasteiger partial charge is 0.461 e. The van der Waals surface area contributed by atoms with Crippen molar-refractivity contribution in [3.8, 4) is 0 Å². The standard InChI is InChI=1S/C19H26F2O6/c1-17(20,21)16(23)24-4-2-3-15(22)27-18-9-12-7-13(10-18)19(14(8-12)11-18)25-5-6-26-19/h12-14H,2-11H2,1H3. The Labute approximate surface area is 156 Å². The molecule has 152 valence electrons. The van der Waals surface area contributed by atoms with Gasteiger partial charge in [-0.2, -0.15) is 8.78 Å². The van der Waals surface area contributed by atoms with Gasteiger partial charge in [-0.25, -0.2) is 4.79 Å². The average Bonchev–Trinajstić information content (AvgIpc) is 3.05. The van der Waals surface area contributed by atoms with Crippen LogP contribution in [-0.2, 0) is 28.5 Å². The van der Waals surface area contributed by atoms with Gasteiger partial charge in [0.15, 0.2) is 5.79 Å². The van der Waals surface area contributed by atoms with E-state index in [1.54, 1.807) is 0 Å². The second-order valence-electron chi connectivity index (χ2n) is 8.55. The first-order chi connectivity index (χ1) is 12.7. The molecule has 5 rings (SSSR count). The van der Waals surface area contributed by atoms with Crippen molar-refractivity contribution in [2.45, 2.75) is 69.2 Å². The number of halogens is 2. The Kier molecular flexibility index (Phi) is 4.70. The molecule has 2 atom stereocenters. The van der Waals surface area contributed by atoms with E-state index in [1.165, 1.54) is 0 Å². The Morgan fingerprint density at radius 3 is 2.33 bits per heavy atom. The highest BCUT2D eigenvalue weighted by atomic mass is 19.3. The molecule has 27 heavy (non-hydrogen) atoms. The van der Waals surface area contributed by atoms with Crippen LogP contribution >= 0.6 is 0 Å². The maximum absolute atomic E-state index is 12.7. The fourth-order valence-electron chi connectivity index (χ4n) is 5.70. The molecule has 0 N–H and O–H groups in total. The van der Waals surface area contributed by atoms with E-state index in [2.05, 4.69) is 4.74 Å². The number of hydrogen-bond donors (Lipinski definition) is 0. The van der Waals surface area contributed by atoms with Gasteiger partial charge in [0.2, 0.25) is 0 Å². The minimum atomic E-state index is -3.51. The minimum absolute atomic E-state index is 0.0441. The summed E-state index contributed by atoms with van der Waals surface area (Å²) in [5.74, 6) is -4.88. The monoisotopic (exact) mass is 388 g/mol. The third-order valence-electron chi connectivity index (χ3n) is 6.46. The summed E-state index contributed by atoms with van der Waals surface area (Å²) in [5.41, 5.74) is -0.457. The molecular formula is C19H26F2O6. The molecule has 4 saturated carbocycles. The van der Waals surface area contributed by atoms with Gasteiger partial charge < -0.3 is 18.9 Å². The summed E-state index contributed by atoms with van der Waals surface area (Å²) in [6.45, 7) is 1.52. The zero-order valence-electron chi connectivity index (χ0n) is 15.5. The van der Waals surface area contributed by atoms with Crippen molar-refractivity contribution >= 4 is 11.9 Å². The van der Waals surface area contributed by atoms with E-state index in [1.807, 2.05) is 0 Å². The predicted octanol–water partition coefficient (Wildman–Crippen LogP) is 2.83. The molecule has 1 saturated heterocycles. The first-order valence-corrected chi connectivity index (χ1v) is 9.77. The van der Waals surface area contributed by atoms with Crippen LogP contribution in [0.5, 0.6) is 0 Å². The molecule has 6 nitrogen and oxygen atoms in total. The van der Waals surface area contributed by atoms with Crippen LogP contribution in [0.25, 0.3) is 0 Å². The maximum Gasteiger partial charge on any atom is 0.376 e. The number of carbonyl (C=O) groups is 2. The molecular weight excluding hydrogens is 362 g/mol. The van der Waals surface area contributed by atoms with Gasteiger partial charge in [0.05, 0.1) is 19.8 Å². The number of hydrogen-bond acceptors (Lipinski definition) is 6. The highest BCUT2D eigenvalue weighted by Gasteiger charge is 2.66. The first-order valence-electron chi connectivity index (χ1n) is 9.77. The summed E-state index contributed by atoms with van der Waals surface area (Å²) >= 11 is 0. The lowest BCUT2D eigenvalue weighted by molar-refractivity contribution is -0.314. The van der Waals surface area contributed by atoms with E-state index in [0.717, 1.165) is 32.1 Å². The van der Waals surface area contributed by atoms with E-state index in [4.69, 9.17) is 14.2 Å². The van der Waals surface area contributed by atoms with E-state index < -0.39 is 23.3 Å². The van der Waals surface area contributed by atoms with Gasteiger partial charge in [0.25, 0.3) is 0 Å². The molecule has 1 aliphatic heterocycles. The summed E-state index contributed by atoms with van der Waals surface area (Å²) in [6.07, 6.45) is 4.70. The molecule has 4 aliphatic carbocycles. The summed E-state index contributed by atoms with van der Waals surface area (Å²) < 4.78 is 47.9. The predicted molar refractivity (Wildman–Crippen MR) is 87.8 cm³/mol. The van der Waals surface area contributed by atoms with Gasteiger partial charge in [0.1, 0.15) is 5.60 Å². The lowest BCUT2D eigenvalue weighted by Gasteiger charge is -2.61. The van der Waals surface area contributed by atoms with Gasteiger partial charge in [-0.05, 0) is 44.4 Å². The summed E-state index contributed by atoms with van der Waals surface area (Å²) in [6, 6.07) is 0. The van der Waals surface area contributed by atoms with Crippen molar-refractivity contribution in [2.75, 3.05) is 19.8 Å². The average molecular weight is 388 g/mol. The molecule has 0 amide bonds. The van der Waals surface area contributed by atoms with Crippen molar-refractivity contribution < 1.29 is 37.3 Å². The van der Waals surface area contributed by atoms with Crippen molar-refractivity contribution in [1.29, 1.82) is 0 Å². The quantitative estimate of drug-likeness (QED) is 0.515. The molecule has 4 bridgehead atoms. The number of rotatable bonds is 6. The second-order valence-corrected chi connectivity index (χ2v) is 8.55. The van der Waals surface area contributed by atoms with Crippen molar-refractivity contribution in [3.63, 3.8) is 0 Å². The van der Waals surface area contributed by atoms with Gasteiger partial charge in [-0.3, -0.25) is 4.79 Å². The Bertz CT molecular complexity index is 592. The van der Waals surface area contributed by atoms with E-state index >= 15 is 0 Å². The zero-order valence-corrected chi connectivity index (χ0v) is 15.5. The van der Waals surface area contributed by atoms with Gasteiger partial charge in [0, 0.05) is 25.2 Å². The third kappa shape index (κ3) is 3.46. The topological polar surface area (TPSA) is 71.1 Å². The molecule has 8 heteroatoms. The minimum Gasteiger partial charge on any atom is -0.461 e. The normalized spacial score (nSPS) is 36.2. The fourth-order valence-corrected chi connectivity index (χ4v) is 5.70. The van der Waals surface area contributed by atoms with Crippen LogP contribution in [0.1, 0.15) is 51.9 Å². The number of carbonyl (C=O) groups excluding carboxylic acids is 2. The molecule has 1 spiro atoms. The summed E-state index contributed by atoms with van der Waals surface area (Å²) in [4.78, 5) is 23.3. The van der Waals surface area contributed by atoms with Gasteiger partial charge >= 0.3 is 17.9 Å². The second kappa shape index (κ2) is 6.65. The van der Waals surface area contributed by atoms with Crippen LogP contribution in [0.2, 0.25) is 0 Å². The van der Waals surface area contributed by atoms with Crippen molar-refractivity contribution in [2.24, 2.45) is 17.8 Å². The van der Waals surface area contributed by atoms with E-state index in [-0.39, 0.29) is 37.3 Å². The zero-order chi connectivity index (χ0) is 19.3. The molecule has 0 radical (unpaired) electrons. The Morgan fingerprint density at radius 1 is 1.11 bits per heavy atom. The Balaban J connectivity index is 1.29.